The topological polar surface area (TPSA) is 65.4 Å². The second-order valence-electron chi connectivity index (χ2n) is 6.92. The molecule has 0 aliphatic carbocycles. The van der Waals surface area contributed by atoms with E-state index in [0.29, 0.717) is 25.2 Å². The van der Waals surface area contributed by atoms with E-state index in [9.17, 15) is 23.2 Å². The number of benzene rings is 1. The quantitative estimate of drug-likeness (QED) is 0.879. The molecule has 0 unspecified atom stereocenters. The van der Waals surface area contributed by atoms with Crippen molar-refractivity contribution in [1.82, 2.24) is 5.32 Å². The lowest BCUT2D eigenvalue weighted by molar-refractivity contribution is -0.137. The maximum Gasteiger partial charge on any atom is 0.416 e. The maximum absolute atomic E-state index is 12.8. The molecule has 1 saturated heterocycles. The zero-order valence-electron chi connectivity index (χ0n) is 14.3. The standard InChI is InChI=1S/C17H20F3N3O2/c1-16(2,3)25-15(24)22-13-6-7-23(10-13)14-5-4-12(17(18,19)20)8-11(14)9-21/h4-5,8,13H,6-7,10H2,1-3H3,(H,22,24)/t13-/m0/s1. The number of nitrogens with one attached hydrogen (secondary N) is 1. The van der Waals surface area contributed by atoms with Crippen molar-refractivity contribution in [2.45, 2.75) is 45.0 Å². The summed E-state index contributed by atoms with van der Waals surface area (Å²) in [4.78, 5) is 13.6. The van der Waals surface area contributed by atoms with E-state index < -0.39 is 23.4 Å². The smallest absolute Gasteiger partial charge is 0.416 e. The summed E-state index contributed by atoms with van der Waals surface area (Å²) in [6, 6.07) is 4.74. The fourth-order valence-electron chi connectivity index (χ4n) is 2.65. The van der Waals surface area contributed by atoms with Crippen LogP contribution in [0.5, 0.6) is 0 Å². The average Bonchev–Trinajstić information content (AvgIpc) is 2.91. The summed E-state index contributed by atoms with van der Waals surface area (Å²) in [7, 11) is 0. The summed E-state index contributed by atoms with van der Waals surface area (Å²) >= 11 is 0. The number of nitriles is 1. The minimum atomic E-state index is -4.49. The molecule has 1 N–H and O–H groups in total. The molecular formula is C17H20F3N3O2. The van der Waals surface area contributed by atoms with Crippen LogP contribution in [0.25, 0.3) is 0 Å². The average molecular weight is 355 g/mol. The van der Waals surface area contributed by atoms with Crippen molar-refractivity contribution in [1.29, 1.82) is 5.26 Å². The van der Waals surface area contributed by atoms with Gasteiger partial charge in [-0.15, -0.1) is 0 Å². The number of hydrogen-bond acceptors (Lipinski definition) is 4. The van der Waals surface area contributed by atoms with E-state index in [1.54, 1.807) is 25.7 Å². The molecule has 1 heterocycles. The molecule has 1 atom stereocenters. The molecule has 1 amide bonds. The molecular weight excluding hydrogens is 335 g/mol. The lowest BCUT2D eigenvalue weighted by Gasteiger charge is -2.23. The van der Waals surface area contributed by atoms with Crippen LogP contribution < -0.4 is 10.2 Å². The van der Waals surface area contributed by atoms with Gasteiger partial charge in [0.05, 0.1) is 22.9 Å². The van der Waals surface area contributed by atoms with E-state index >= 15 is 0 Å². The van der Waals surface area contributed by atoms with E-state index in [1.807, 2.05) is 6.07 Å². The van der Waals surface area contributed by atoms with Crippen molar-refractivity contribution in [3.8, 4) is 6.07 Å². The highest BCUT2D eigenvalue weighted by molar-refractivity contribution is 5.68. The predicted octanol–water partition coefficient (Wildman–Crippen LogP) is 3.68. The minimum Gasteiger partial charge on any atom is -0.444 e. The van der Waals surface area contributed by atoms with E-state index in [1.165, 1.54) is 6.07 Å². The molecule has 1 aliphatic rings. The summed E-state index contributed by atoms with van der Waals surface area (Å²) in [5.74, 6) is 0. The highest BCUT2D eigenvalue weighted by Gasteiger charge is 2.32. The Morgan fingerprint density at radius 2 is 2.04 bits per heavy atom. The molecule has 25 heavy (non-hydrogen) atoms. The van der Waals surface area contributed by atoms with Gasteiger partial charge in [-0.1, -0.05) is 0 Å². The van der Waals surface area contributed by atoms with Gasteiger partial charge >= 0.3 is 12.3 Å². The molecule has 0 spiro atoms. The molecule has 0 radical (unpaired) electrons. The van der Waals surface area contributed by atoms with Crippen LogP contribution in [0.2, 0.25) is 0 Å². The Hall–Kier alpha value is -2.43. The second-order valence-corrected chi connectivity index (χ2v) is 6.92. The number of nitrogens with zero attached hydrogens (tertiary/aromatic N) is 2. The molecule has 5 nitrogen and oxygen atoms in total. The Labute approximate surface area is 144 Å². The zero-order valence-corrected chi connectivity index (χ0v) is 14.3. The zero-order chi connectivity index (χ0) is 18.8. The normalized spacial score (nSPS) is 18.0. The number of amides is 1. The first kappa shape index (κ1) is 18.9. The Morgan fingerprint density at radius 3 is 2.60 bits per heavy atom. The molecule has 1 aliphatic heterocycles. The minimum absolute atomic E-state index is 0.0345. The van der Waals surface area contributed by atoms with Gasteiger partial charge in [-0.2, -0.15) is 18.4 Å². The number of rotatable bonds is 2. The summed E-state index contributed by atoms with van der Waals surface area (Å²) in [5, 5.41) is 11.9. The molecule has 1 fully saturated rings. The van der Waals surface area contributed by atoms with E-state index in [0.717, 1.165) is 12.1 Å². The van der Waals surface area contributed by atoms with Crippen LogP contribution in [0.4, 0.5) is 23.7 Å². The lowest BCUT2D eigenvalue weighted by atomic mass is 10.1. The third-order valence-corrected chi connectivity index (χ3v) is 3.69. The van der Waals surface area contributed by atoms with Crippen molar-refractivity contribution in [3.05, 3.63) is 29.3 Å². The van der Waals surface area contributed by atoms with Crippen LogP contribution in [0.1, 0.15) is 38.3 Å². The number of carbonyl (C=O) groups excluding carboxylic acids is 1. The van der Waals surface area contributed by atoms with Crippen molar-refractivity contribution in [3.63, 3.8) is 0 Å². The van der Waals surface area contributed by atoms with Crippen LogP contribution in [0.3, 0.4) is 0 Å². The summed E-state index contributed by atoms with van der Waals surface area (Å²) < 4.78 is 43.5. The predicted molar refractivity (Wildman–Crippen MR) is 86.1 cm³/mol. The van der Waals surface area contributed by atoms with Crippen LogP contribution in [-0.4, -0.2) is 30.8 Å². The number of ether oxygens (including phenoxy) is 1. The van der Waals surface area contributed by atoms with Gasteiger partial charge in [0.25, 0.3) is 0 Å². The first-order valence-electron chi connectivity index (χ1n) is 7.85. The molecule has 0 saturated carbocycles. The van der Waals surface area contributed by atoms with Gasteiger partial charge in [-0.25, -0.2) is 4.79 Å². The largest absolute Gasteiger partial charge is 0.444 e. The lowest BCUT2D eigenvalue weighted by Crippen LogP contribution is -2.40. The Bertz CT molecular complexity index is 690. The molecule has 0 aromatic heterocycles. The number of halogens is 3. The number of anilines is 1. The molecule has 136 valence electrons. The van der Waals surface area contributed by atoms with Gasteiger partial charge in [0, 0.05) is 13.1 Å². The van der Waals surface area contributed by atoms with Gasteiger partial charge in [-0.05, 0) is 45.4 Å². The maximum atomic E-state index is 12.8. The fourth-order valence-corrected chi connectivity index (χ4v) is 2.65. The van der Waals surface area contributed by atoms with Gasteiger partial charge in [-0.3, -0.25) is 0 Å². The number of alkyl halides is 3. The molecule has 2 rings (SSSR count). The van der Waals surface area contributed by atoms with Gasteiger partial charge < -0.3 is 15.0 Å². The fraction of sp³-hybridized carbons (Fsp3) is 0.529. The highest BCUT2D eigenvalue weighted by atomic mass is 19.4. The summed E-state index contributed by atoms with van der Waals surface area (Å²) in [6.07, 6.45) is -4.41. The number of alkyl carbamates (subject to hydrolysis) is 1. The van der Waals surface area contributed by atoms with Crippen LogP contribution in [0, 0.1) is 11.3 Å². The Balaban J connectivity index is 2.07. The molecule has 1 aromatic carbocycles. The highest BCUT2D eigenvalue weighted by Crippen LogP contribution is 2.33. The summed E-state index contributed by atoms with van der Waals surface area (Å²) in [5.41, 5.74) is -1.06. The van der Waals surface area contributed by atoms with Gasteiger partial charge in [0.15, 0.2) is 0 Å². The van der Waals surface area contributed by atoms with Crippen LogP contribution in [0.15, 0.2) is 18.2 Å². The van der Waals surface area contributed by atoms with Gasteiger partial charge in [0.1, 0.15) is 11.7 Å². The number of carbonyl (C=O) groups is 1. The van der Waals surface area contributed by atoms with Crippen molar-refractivity contribution in [2.75, 3.05) is 18.0 Å². The Morgan fingerprint density at radius 1 is 1.36 bits per heavy atom. The third-order valence-electron chi connectivity index (χ3n) is 3.69. The summed E-state index contributed by atoms with van der Waals surface area (Å²) in [6.45, 7) is 6.21. The molecule has 8 heteroatoms. The van der Waals surface area contributed by atoms with Crippen LogP contribution in [-0.2, 0) is 10.9 Å². The molecule has 0 bridgehead atoms. The molecule has 1 aromatic rings. The van der Waals surface area contributed by atoms with Crippen molar-refractivity contribution < 1.29 is 22.7 Å². The third kappa shape index (κ3) is 5.02. The van der Waals surface area contributed by atoms with E-state index in [-0.39, 0.29) is 11.6 Å². The van der Waals surface area contributed by atoms with E-state index in [2.05, 4.69) is 5.32 Å². The SMILES string of the molecule is CC(C)(C)OC(=O)N[C@H]1CCN(c2ccc(C(F)(F)F)cc2C#N)C1. The first-order valence-corrected chi connectivity index (χ1v) is 7.85. The van der Waals surface area contributed by atoms with Crippen molar-refractivity contribution in [2.24, 2.45) is 0 Å². The second kappa shape index (κ2) is 6.82. The van der Waals surface area contributed by atoms with E-state index in [4.69, 9.17) is 4.74 Å². The monoisotopic (exact) mass is 355 g/mol. The van der Waals surface area contributed by atoms with Crippen LogP contribution >= 0.6 is 0 Å². The van der Waals surface area contributed by atoms with Gasteiger partial charge in [0.2, 0.25) is 0 Å². The Kier molecular flexibility index (Phi) is 5.16. The number of hydrogen-bond donors (Lipinski definition) is 1. The first-order chi connectivity index (χ1) is 11.5. The van der Waals surface area contributed by atoms with Crippen molar-refractivity contribution >= 4 is 11.8 Å².